The minimum atomic E-state index is -1.34. The zero-order valence-corrected chi connectivity index (χ0v) is 8.42. The monoisotopic (exact) mass is 211 g/mol. The van der Waals surface area contributed by atoms with E-state index in [2.05, 4.69) is 0 Å². The molecule has 0 radical (unpaired) electrons. The van der Waals surface area contributed by atoms with Crippen molar-refractivity contribution in [1.29, 1.82) is 10.5 Å². The highest BCUT2D eigenvalue weighted by Crippen LogP contribution is 2.63. The zero-order chi connectivity index (χ0) is 11.8. The van der Waals surface area contributed by atoms with Crippen molar-refractivity contribution < 1.29 is 4.79 Å². The molecule has 3 atom stereocenters. The molecule has 1 saturated carbocycles. The Labute approximate surface area is 92.9 Å². The number of rotatable bonds is 2. The molecule has 0 saturated heterocycles. The van der Waals surface area contributed by atoms with Gasteiger partial charge in [0.25, 0.3) is 0 Å². The van der Waals surface area contributed by atoms with Crippen LogP contribution in [0.3, 0.4) is 0 Å². The van der Waals surface area contributed by atoms with E-state index in [0.29, 0.717) is 0 Å². The lowest BCUT2D eigenvalue weighted by atomic mass is 10.00. The largest absolute Gasteiger partial charge is 0.368 e. The minimum absolute atomic E-state index is 0.388. The molecule has 1 aromatic carbocycles. The highest BCUT2D eigenvalue weighted by molar-refractivity contribution is 5.90. The summed E-state index contributed by atoms with van der Waals surface area (Å²) in [5.41, 5.74) is 4.70. The summed E-state index contributed by atoms with van der Waals surface area (Å²) < 4.78 is 0. The lowest BCUT2D eigenvalue weighted by Gasteiger charge is -2.02. The van der Waals surface area contributed by atoms with Gasteiger partial charge in [0.2, 0.25) is 5.91 Å². The van der Waals surface area contributed by atoms with E-state index < -0.39 is 17.2 Å². The number of nitrogens with zero attached hydrogens (tertiary/aromatic N) is 2. The van der Waals surface area contributed by atoms with E-state index in [-0.39, 0.29) is 5.92 Å². The first-order valence-electron chi connectivity index (χ1n) is 4.84. The van der Waals surface area contributed by atoms with E-state index in [4.69, 9.17) is 16.3 Å². The average molecular weight is 211 g/mol. The Morgan fingerprint density at radius 1 is 1.31 bits per heavy atom. The number of hydrogen-bond donors (Lipinski definition) is 1. The van der Waals surface area contributed by atoms with Crippen LogP contribution < -0.4 is 5.73 Å². The Balaban J connectivity index is 2.44. The molecule has 4 nitrogen and oxygen atoms in total. The lowest BCUT2D eigenvalue weighted by molar-refractivity contribution is -0.121. The van der Waals surface area contributed by atoms with Crippen LogP contribution in [0.1, 0.15) is 11.5 Å². The van der Waals surface area contributed by atoms with Gasteiger partial charge in [-0.05, 0) is 5.56 Å². The molecule has 1 amide bonds. The van der Waals surface area contributed by atoms with E-state index in [1.54, 1.807) is 12.1 Å². The maximum Gasteiger partial charge on any atom is 0.239 e. The highest BCUT2D eigenvalue weighted by atomic mass is 16.1. The second-order valence-corrected chi connectivity index (χ2v) is 3.84. The van der Waals surface area contributed by atoms with Gasteiger partial charge in [0.15, 0.2) is 5.41 Å². The van der Waals surface area contributed by atoms with Crippen molar-refractivity contribution in [3.63, 3.8) is 0 Å². The number of nitrogens with two attached hydrogens (primary N) is 1. The Bertz CT molecular complexity index is 511. The van der Waals surface area contributed by atoms with Crippen LogP contribution in [0.15, 0.2) is 30.3 Å². The van der Waals surface area contributed by atoms with Gasteiger partial charge >= 0.3 is 0 Å². The van der Waals surface area contributed by atoms with Crippen LogP contribution in [0.2, 0.25) is 0 Å². The molecule has 0 heterocycles. The van der Waals surface area contributed by atoms with Crippen LogP contribution >= 0.6 is 0 Å². The number of benzene rings is 1. The number of amides is 1. The number of carbonyl (C=O) groups is 1. The van der Waals surface area contributed by atoms with Crippen LogP contribution in [-0.2, 0) is 4.79 Å². The van der Waals surface area contributed by atoms with Crippen molar-refractivity contribution in [2.45, 2.75) is 5.92 Å². The van der Waals surface area contributed by atoms with E-state index in [1.807, 2.05) is 30.3 Å². The Morgan fingerprint density at radius 3 is 2.31 bits per heavy atom. The summed E-state index contributed by atoms with van der Waals surface area (Å²) in [6.45, 7) is 0. The van der Waals surface area contributed by atoms with Crippen molar-refractivity contribution in [1.82, 2.24) is 0 Å². The molecule has 16 heavy (non-hydrogen) atoms. The summed E-state index contributed by atoms with van der Waals surface area (Å²) in [4.78, 5) is 11.3. The second-order valence-electron chi connectivity index (χ2n) is 3.84. The van der Waals surface area contributed by atoms with Gasteiger partial charge < -0.3 is 5.73 Å². The number of hydrogen-bond acceptors (Lipinski definition) is 3. The van der Waals surface area contributed by atoms with Crippen molar-refractivity contribution in [3.05, 3.63) is 35.9 Å². The lowest BCUT2D eigenvalue weighted by Crippen LogP contribution is -2.26. The van der Waals surface area contributed by atoms with Gasteiger partial charge in [-0.2, -0.15) is 10.5 Å². The van der Waals surface area contributed by atoms with Crippen molar-refractivity contribution in [3.8, 4) is 12.1 Å². The van der Waals surface area contributed by atoms with Crippen LogP contribution in [-0.4, -0.2) is 5.91 Å². The molecule has 0 unspecified atom stereocenters. The topological polar surface area (TPSA) is 90.7 Å². The van der Waals surface area contributed by atoms with Gasteiger partial charge in [0, 0.05) is 5.92 Å². The Morgan fingerprint density at radius 2 is 1.94 bits per heavy atom. The van der Waals surface area contributed by atoms with Crippen molar-refractivity contribution >= 4 is 5.91 Å². The number of nitriles is 2. The fraction of sp³-hybridized carbons (Fsp3) is 0.250. The SMILES string of the molecule is N#C[C@@H]1[C@H](c2ccccc2)[C@@]1(C#N)C(N)=O. The van der Waals surface area contributed by atoms with Gasteiger partial charge in [-0.15, -0.1) is 0 Å². The number of carbonyl (C=O) groups excluding carboxylic acids is 1. The second kappa shape index (κ2) is 3.36. The van der Waals surface area contributed by atoms with Crippen LogP contribution in [0.4, 0.5) is 0 Å². The molecule has 0 spiro atoms. The number of primary amides is 1. The molecule has 0 bridgehead atoms. The van der Waals surface area contributed by atoms with Gasteiger partial charge in [0.1, 0.15) is 0 Å². The molecule has 2 N–H and O–H groups in total. The van der Waals surface area contributed by atoms with Crippen LogP contribution in [0, 0.1) is 34.0 Å². The summed E-state index contributed by atoms with van der Waals surface area (Å²) in [5.74, 6) is -1.73. The molecule has 4 heteroatoms. The maximum atomic E-state index is 11.3. The predicted molar refractivity (Wildman–Crippen MR) is 55.5 cm³/mol. The summed E-state index contributed by atoms with van der Waals surface area (Å²) in [6.07, 6.45) is 0. The zero-order valence-electron chi connectivity index (χ0n) is 8.42. The molecule has 2 rings (SSSR count). The first-order valence-corrected chi connectivity index (χ1v) is 4.84. The van der Waals surface area contributed by atoms with E-state index in [0.717, 1.165) is 5.56 Å². The first kappa shape index (κ1) is 10.2. The molecule has 78 valence electrons. The average Bonchev–Trinajstić information content (AvgIpc) is 2.99. The summed E-state index contributed by atoms with van der Waals surface area (Å²) in [6, 6.07) is 13.0. The normalized spacial score (nSPS) is 31.1. The first-order chi connectivity index (χ1) is 7.68. The molecule has 1 aliphatic carbocycles. The standard InChI is InChI=1S/C12H9N3O/c13-6-9-10(8-4-2-1-3-5-8)12(9,7-14)11(15)16/h1-5,9-10H,(H2,15,16)/t9-,10+,12+/m1/s1. The molecule has 0 aromatic heterocycles. The molecule has 1 aliphatic rings. The smallest absolute Gasteiger partial charge is 0.239 e. The van der Waals surface area contributed by atoms with Gasteiger partial charge in [-0.25, -0.2) is 0 Å². The van der Waals surface area contributed by atoms with E-state index in [1.165, 1.54) is 0 Å². The van der Waals surface area contributed by atoms with Gasteiger partial charge in [0.05, 0.1) is 18.1 Å². The third kappa shape index (κ3) is 1.11. The fourth-order valence-corrected chi connectivity index (χ4v) is 2.18. The van der Waals surface area contributed by atoms with Crippen LogP contribution in [0.25, 0.3) is 0 Å². The molecular formula is C12H9N3O. The Hall–Kier alpha value is -2.33. The predicted octanol–water partition coefficient (Wildman–Crippen LogP) is 0.919. The molecule has 1 aromatic rings. The minimum Gasteiger partial charge on any atom is -0.368 e. The summed E-state index contributed by atoms with van der Waals surface area (Å²) in [7, 11) is 0. The maximum absolute atomic E-state index is 11.3. The summed E-state index contributed by atoms with van der Waals surface area (Å²) >= 11 is 0. The quantitative estimate of drug-likeness (QED) is 0.788. The van der Waals surface area contributed by atoms with E-state index >= 15 is 0 Å². The molecule has 1 fully saturated rings. The molecule has 0 aliphatic heterocycles. The highest BCUT2D eigenvalue weighted by Gasteiger charge is 2.71. The van der Waals surface area contributed by atoms with Crippen LogP contribution in [0.5, 0.6) is 0 Å². The van der Waals surface area contributed by atoms with E-state index in [9.17, 15) is 4.79 Å². The third-order valence-corrected chi connectivity index (χ3v) is 3.10. The summed E-state index contributed by atoms with van der Waals surface area (Å²) in [5, 5.41) is 18.0. The Kier molecular flexibility index (Phi) is 2.14. The molecular weight excluding hydrogens is 202 g/mol. The third-order valence-electron chi connectivity index (χ3n) is 3.10. The van der Waals surface area contributed by atoms with Gasteiger partial charge in [-0.1, -0.05) is 30.3 Å². The van der Waals surface area contributed by atoms with Crippen molar-refractivity contribution in [2.75, 3.05) is 0 Å². The fourth-order valence-electron chi connectivity index (χ4n) is 2.18. The van der Waals surface area contributed by atoms with Gasteiger partial charge in [-0.3, -0.25) is 4.79 Å². The van der Waals surface area contributed by atoms with Crippen molar-refractivity contribution in [2.24, 2.45) is 17.1 Å².